The SMILES string of the molecule is CCN1C(=O)[C@@H](NC(=O)c2cccc(C(F)(F)F)c2)[C@@H](c2ccc(F)cc2)c2c(CNC/C=C/C(=O)N(C)C)nn(-c3ccccc3)c21. The van der Waals surface area contributed by atoms with Crippen molar-refractivity contribution >= 4 is 23.5 Å². The molecular weight excluding hydrogens is 628 g/mol. The minimum atomic E-state index is -4.68. The molecule has 250 valence electrons. The number of likely N-dealkylation sites (N-methyl/N-ethyl adjacent to an activating group) is 2. The van der Waals surface area contributed by atoms with Crippen LogP contribution in [0.15, 0.2) is 91.0 Å². The van der Waals surface area contributed by atoms with E-state index in [1.54, 1.807) is 31.8 Å². The Bertz CT molecular complexity index is 1820. The topological polar surface area (TPSA) is 99.6 Å². The van der Waals surface area contributed by atoms with Gasteiger partial charge in [-0.1, -0.05) is 42.5 Å². The predicted octanol–water partition coefficient (Wildman–Crippen LogP) is 5.06. The van der Waals surface area contributed by atoms with Gasteiger partial charge in [0.05, 0.1) is 16.9 Å². The number of benzene rings is 3. The second-order valence-electron chi connectivity index (χ2n) is 11.3. The van der Waals surface area contributed by atoms with Crippen molar-refractivity contribution in [2.75, 3.05) is 32.1 Å². The first-order valence-corrected chi connectivity index (χ1v) is 15.2. The van der Waals surface area contributed by atoms with E-state index in [9.17, 15) is 31.9 Å². The summed E-state index contributed by atoms with van der Waals surface area (Å²) in [5.41, 5.74) is 0.956. The Hall–Kier alpha value is -5.30. The molecule has 1 aliphatic heterocycles. The van der Waals surface area contributed by atoms with Crippen LogP contribution in [0.3, 0.4) is 0 Å². The van der Waals surface area contributed by atoms with Gasteiger partial charge in [0.25, 0.3) is 11.8 Å². The quantitative estimate of drug-likeness (QED) is 0.141. The van der Waals surface area contributed by atoms with E-state index >= 15 is 0 Å². The van der Waals surface area contributed by atoms with E-state index in [2.05, 4.69) is 10.6 Å². The molecule has 0 bridgehead atoms. The molecule has 2 heterocycles. The van der Waals surface area contributed by atoms with E-state index in [1.165, 1.54) is 46.2 Å². The Labute approximate surface area is 274 Å². The van der Waals surface area contributed by atoms with Crippen LogP contribution < -0.4 is 15.5 Å². The molecular formula is C35H34F4N6O3. The van der Waals surface area contributed by atoms with E-state index in [1.807, 2.05) is 30.3 Å². The van der Waals surface area contributed by atoms with Crippen LogP contribution in [-0.4, -0.2) is 65.6 Å². The third-order valence-electron chi connectivity index (χ3n) is 7.95. The fraction of sp³-hybridized carbons (Fsp3) is 0.257. The third kappa shape index (κ3) is 7.15. The molecule has 2 N–H and O–H groups in total. The number of halogens is 4. The second-order valence-corrected chi connectivity index (χ2v) is 11.3. The van der Waals surface area contributed by atoms with Crippen LogP contribution in [0.25, 0.3) is 5.69 Å². The van der Waals surface area contributed by atoms with Gasteiger partial charge >= 0.3 is 6.18 Å². The molecule has 9 nitrogen and oxygen atoms in total. The second kappa shape index (κ2) is 14.2. The lowest BCUT2D eigenvalue weighted by Gasteiger charge is -2.38. The molecule has 13 heteroatoms. The number of nitrogens with zero attached hydrogens (tertiary/aromatic N) is 4. The molecule has 0 radical (unpaired) electrons. The zero-order valence-electron chi connectivity index (χ0n) is 26.5. The Morgan fingerprint density at radius 2 is 1.71 bits per heavy atom. The lowest BCUT2D eigenvalue weighted by Crippen LogP contribution is -2.55. The number of nitrogens with one attached hydrogen (secondary N) is 2. The van der Waals surface area contributed by atoms with Gasteiger partial charge in [0, 0.05) is 56.9 Å². The summed E-state index contributed by atoms with van der Waals surface area (Å²) in [6, 6.07) is 17.3. The third-order valence-corrected chi connectivity index (χ3v) is 7.95. The molecule has 1 aromatic heterocycles. The summed E-state index contributed by atoms with van der Waals surface area (Å²) in [6.45, 7) is 2.43. The number of alkyl halides is 3. The number of rotatable bonds is 10. The van der Waals surface area contributed by atoms with E-state index < -0.39 is 41.3 Å². The molecule has 2 atom stereocenters. The Morgan fingerprint density at radius 1 is 1.00 bits per heavy atom. The maximum absolute atomic E-state index is 14.3. The van der Waals surface area contributed by atoms with Crippen LogP contribution in [0, 0.1) is 5.82 Å². The molecule has 0 saturated carbocycles. The predicted molar refractivity (Wildman–Crippen MR) is 172 cm³/mol. The summed E-state index contributed by atoms with van der Waals surface area (Å²) >= 11 is 0. The fourth-order valence-electron chi connectivity index (χ4n) is 5.63. The number of hydrogen-bond acceptors (Lipinski definition) is 5. The van der Waals surface area contributed by atoms with Crippen molar-refractivity contribution in [1.82, 2.24) is 25.3 Å². The van der Waals surface area contributed by atoms with Gasteiger partial charge in [0.2, 0.25) is 5.91 Å². The van der Waals surface area contributed by atoms with Gasteiger partial charge < -0.3 is 15.5 Å². The summed E-state index contributed by atoms with van der Waals surface area (Å²) in [6.07, 6.45) is -1.58. The van der Waals surface area contributed by atoms with Gasteiger partial charge in [-0.3, -0.25) is 19.3 Å². The molecule has 48 heavy (non-hydrogen) atoms. The number of amides is 3. The highest BCUT2D eigenvalue weighted by atomic mass is 19.4. The van der Waals surface area contributed by atoms with Crippen LogP contribution in [0.5, 0.6) is 0 Å². The van der Waals surface area contributed by atoms with Gasteiger partial charge in [0.1, 0.15) is 17.7 Å². The normalized spacial score (nSPS) is 16.2. The lowest BCUT2D eigenvalue weighted by molar-refractivity contribution is -0.137. The van der Waals surface area contributed by atoms with Crippen LogP contribution in [0.4, 0.5) is 23.4 Å². The number of hydrogen-bond donors (Lipinski definition) is 2. The monoisotopic (exact) mass is 662 g/mol. The van der Waals surface area contributed by atoms with Crippen molar-refractivity contribution in [3.8, 4) is 5.69 Å². The zero-order chi connectivity index (χ0) is 34.6. The average Bonchev–Trinajstić information content (AvgIpc) is 3.44. The maximum Gasteiger partial charge on any atom is 0.416 e. The van der Waals surface area contributed by atoms with Crippen molar-refractivity contribution in [2.45, 2.75) is 31.6 Å². The van der Waals surface area contributed by atoms with Crippen LogP contribution in [0.2, 0.25) is 0 Å². The highest BCUT2D eigenvalue weighted by Crippen LogP contribution is 2.43. The molecule has 5 rings (SSSR count). The Balaban J connectivity index is 1.63. The molecule has 4 aromatic rings. The first kappa shape index (κ1) is 34.0. The molecule has 0 saturated heterocycles. The summed E-state index contributed by atoms with van der Waals surface area (Å²) in [5.74, 6) is -2.54. The van der Waals surface area contributed by atoms with Gasteiger partial charge in [-0.25, -0.2) is 9.07 Å². The number of carbonyl (C=O) groups excluding carboxylic acids is 3. The number of carbonyl (C=O) groups is 3. The van der Waals surface area contributed by atoms with Gasteiger partial charge in [-0.05, 0) is 55.0 Å². The number of aromatic nitrogens is 2. The Kier molecular flexibility index (Phi) is 10.1. The number of fused-ring (bicyclic) bond motifs is 1. The summed E-state index contributed by atoms with van der Waals surface area (Å²) < 4.78 is 56.2. The maximum atomic E-state index is 14.3. The van der Waals surface area contributed by atoms with Crippen LogP contribution >= 0.6 is 0 Å². The molecule has 0 aliphatic carbocycles. The molecule has 3 aromatic carbocycles. The minimum absolute atomic E-state index is 0.179. The van der Waals surface area contributed by atoms with E-state index in [4.69, 9.17) is 5.10 Å². The van der Waals surface area contributed by atoms with E-state index in [0.29, 0.717) is 34.9 Å². The molecule has 0 unspecified atom stereocenters. The Morgan fingerprint density at radius 3 is 2.35 bits per heavy atom. The zero-order valence-corrected chi connectivity index (χ0v) is 26.5. The van der Waals surface area contributed by atoms with Crippen LogP contribution in [0.1, 0.15) is 45.6 Å². The van der Waals surface area contributed by atoms with E-state index in [0.717, 1.165) is 18.2 Å². The highest BCUT2D eigenvalue weighted by molar-refractivity contribution is 6.05. The highest BCUT2D eigenvalue weighted by Gasteiger charge is 2.46. The molecule has 1 aliphatic rings. The van der Waals surface area contributed by atoms with Gasteiger partial charge in [-0.2, -0.15) is 18.3 Å². The first-order chi connectivity index (χ1) is 22.9. The first-order valence-electron chi connectivity index (χ1n) is 15.2. The standard InChI is InChI=1S/C35H34F4N6O3/c1-4-44-33-30(27(21-40-19-9-14-28(46)43(2)3)42-45(33)26-12-6-5-7-13-26)29(22-15-17-25(36)18-16-22)31(34(44)48)41-32(47)23-10-8-11-24(20-23)35(37,38)39/h5-18,20,29,31,40H,4,19,21H2,1-3H3,(H,41,47)/b14-9+/t29-,31-/m0/s1. The summed E-state index contributed by atoms with van der Waals surface area (Å²) in [5, 5.41) is 10.9. The smallest absolute Gasteiger partial charge is 0.345 e. The summed E-state index contributed by atoms with van der Waals surface area (Å²) in [7, 11) is 3.28. The fourth-order valence-corrected chi connectivity index (χ4v) is 5.63. The number of anilines is 1. The van der Waals surface area contributed by atoms with Crippen molar-refractivity contribution < 1.29 is 31.9 Å². The molecule has 0 spiro atoms. The van der Waals surface area contributed by atoms with Gasteiger partial charge in [0.15, 0.2) is 0 Å². The minimum Gasteiger partial charge on any atom is -0.345 e. The largest absolute Gasteiger partial charge is 0.416 e. The van der Waals surface area contributed by atoms with Crippen molar-refractivity contribution in [3.05, 3.63) is 125 Å². The average molecular weight is 663 g/mol. The number of para-hydroxylation sites is 1. The van der Waals surface area contributed by atoms with Gasteiger partial charge in [-0.15, -0.1) is 0 Å². The van der Waals surface area contributed by atoms with Crippen molar-refractivity contribution in [3.63, 3.8) is 0 Å². The summed E-state index contributed by atoms with van der Waals surface area (Å²) in [4.78, 5) is 42.8. The van der Waals surface area contributed by atoms with Crippen molar-refractivity contribution in [2.24, 2.45) is 0 Å². The van der Waals surface area contributed by atoms with E-state index in [-0.39, 0.29) is 24.6 Å². The molecule has 3 amide bonds. The molecule has 0 fully saturated rings. The van der Waals surface area contributed by atoms with Crippen LogP contribution in [-0.2, 0) is 22.3 Å². The lowest BCUT2D eigenvalue weighted by atomic mass is 9.80. The van der Waals surface area contributed by atoms with Crippen molar-refractivity contribution in [1.29, 1.82) is 0 Å².